The van der Waals surface area contributed by atoms with E-state index in [1.54, 1.807) is 6.92 Å². The van der Waals surface area contributed by atoms with Crippen molar-refractivity contribution < 1.29 is 39.8 Å². The molecule has 7 unspecified atom stereocenters. The summed E-state index contributed by atoms with van der Waals surface area (Å²) >= 11 is 0. The van der Waals surface area contributed by atoms with E-state index in [1.165, 1.54) is 0 Å². The Hall–Kier alpha value is -0.610. The van der Waals surface area contributed by atoms with Gasteiger partial charge in [-0.2, -0.15) is 0 Å². The van der Waals surface area contributed by atoms with Crippen LogP contribution in [0.1, 0.15) is 78.6 Å². The summed E-state index contributed by atoms with van der Waals surface area (Å²) in [5.41, 5.74) is -0.938. The maximum atomic E-state index is 12.4. The number of fused-ring (bicyclic) bond motifs is 5. The van der Waals surface area contributed by atoms with Crippen molar-refractivity contribution in [2.45, 2.75) is 121 Å². The van der Waals surface area contributed by atoms with Gasteiger partial charge in [0, 0.05) is 11.3 Å². The third kappa shape index (κ3) is 3.85. The van der Waals surface area contributed by atoms with Crippen molar-refractivity contribution in [2.75, 3.05) is 6.61 Å². The number of ketones is 1. The van der Waals surface area contributed by atoms with Gasteiger partial charge in [0.05, 0.1) is 18.3 Å². The van der Waals surface area contributed by atoms with Gasteiger partial charge in [-0.1, -0.05) is 13.8 Å². The molecule has 0 spiro atoms. The lowest BCUT2D eigenvalue weighted by molar-refractivity contribution is -0.291. The molecule has 0 aromatic carbocycles. The van der Waals surface area contributed by atoms with E-state index in [2.05, 4.69) is 13.8 Å². The second-order valence-corrected chi connectivity index (χ2v) is 12.8. The zero-order valence-corrected chi connectivity index (χ0v) is 21.3. The van der Waals surface area contributed by atoms with E-state index < -0.39 is 36.3 Å². The Labute approximate surface area is 208 Å². The van der Waals surface area contributed by atoms with E-state index in [0.717, 1.165) is 57.8 Å². The number of aliphatic hydroxyl groups is 5. The number of Topliss-reactive ketones (excluding diaryl/α,β-unsaturated/α-hetero) is 1. The van der Waals surface area contributed by atoms with Crippen molar-refractivity contribution in [3.8, 4) is 0 Å². The SMILES string of the molecule is CC(=O)C1CCC2(O)C3CCC4C[C@H](OC[C@H]5O[C@@H](O)[C@H](O)[C@H](O)[C@H]5O)CCC4(C)C3CCC12C. The van der Waals surface area contributed by atoms with Gasteiger partial charge < -0.3 is 35.0 Å². The average Bonchev–Trinajstić information content (AvgIpc) is 3.10. The van der Waals surface area contributed by atoms with Crippen molar-refractivity contribution in [1.82, 2.24) is 0 Å². The number of carbonyl (C=O) groups is 1. The lowest BCUT2D eigenvalue weighted by atomic mass is 9.43. The first-order valence-corrected chi connectivity index (χ1v) is 13.6. The molecule has 1 heterocycles. The average molecular weight is 497 g/mol. The molecule has 0 amide bonds. The summed E-state index contributed by atoms with van der Waals surface area (Å²) in [4.78, 5) is 12.4. The lowest BCUT2D eigenvalue weighted by Gasteiger charge is -2.63. The van der Waals surface area contributed by atoms with Crippen LogP contribution in [0.15, 0.2) is 0 Å². The highest BCUT2D eigenvalue weighted by molar-refractivity contribution is 5.80. The Bertz CT molecular complexity index is 821. The first-order chi connectivity index (χ1) is 16.4. The van der Waals surface area contributed by atoms with E-state index in [4.69, 9.17) is 9.47 Å². The third-order valence-electron chi connectivity index (χ3n) is 11.5. The minimum atomic E-state index is -1.55. The Balaban J connectivity index is 1.24. The molecular formula is C27H44O8. The molecule has 1 saturated heterocycles. The Morgan fingerprint density at radius 1 is 0.914 bits per heavy atom. The molecule has 35 heavy (non-hydrogen) atoms. The quantitative estimate of drug-likeness (QED) is 0.395. The van der Waals surface area contributed by atoms with Crippen LogP contribution in [0.4, 0.5) is 0 Å². The number of ether oxygens (including phenoxy) is 2. The van der Waals surface area contributed by atoms with Gasteiger partial charge in [-0.3, -0.25) is 4.79 Å². The number of carbonyl (C=O) groups excluding carboxylic acids is 1. The molecule has 13 atom stereocenters. The largest absolute Gasteiger partial charge is 0.389 e. The maximum Gasteiger partial charge on any atom is 0.184 e. The zero-order valence-electron chi connectivity index (χ0n) is 21.3. The lowest BCUT2D eigenvalue weighted by Crippen LogP contribution is -2.62. The highest BCUT2D eigenvalue weighted by atomic mass is 16.6. The van der Waals surface area contributed by atoms with E-state index in [9.17, 15) is 30.3 Å². The van der Waals surface area contributed by atoms with Gasteiger partial charge in [0.2, 0.25) is 0 Å². The van der Waals surface area contributed by atoms with E-state index in [0.29, 0.717) is 11.8 Å². The standard InChI is InChI=1S/C27H44O8/c1-14(28)17-8-11-27(33)19-5-4-15-12-16(6-9-25(15,2)18(19)7-10-26(17,27)3)34-13-20-21(29)22(30)23(31)24(32)35-20/h15-24,29-33H,4-13H2,1-3H3/t15?,16-,17?,18?,19?,20-,21+,22-,23-,24-,25?,26?,27?/m1/s1. The number of aliphatic hydroxyl groups excluding tert-OH is 4. The Morgan fingerprint density at radius 3 is 2.37 bits per heavy atom. The normalized spacial score (nSPS) is 56.1. The summed E-state index contributed by atoms with van der Waals surface area (Å²) in [6.45, 7) is 6.30. The zero-order chi connectivity index (χ0) is 25.3. The molecule has 5 N–H and O–H groups in total. The number of hydrogen-bond donors (Lipinski definition) is 5. The van der Waals surface area contributed by atoms with Crippen molar-refractivity contribution in [2.24, 2.45) is 34.5 Å². The van der Waals surface area contributed by atoms with Crippen molar-refractivity contribution in [1.29, 1.82) is 0 Å². The summed E-state index contributed by atoms with van der Waals surface area (Å²) < 4.78 is 11.4. The van der Waals surface area contributed by atoms with Crippen LogP contribution in [0.25, 0.3) is 0 Å². The molecule has 8 heteroatoms. The topological polar surface area (TPSA) is 137 Å². The molecule has 200 valence electrons. The summed E-state index contributed by atoms with van der Waals surface area (Å²) in [5, 5.41) is 51.7. The fourth-order valence-corrected chi connectivity index (χ4v) is 9.29. The van der Waals surface area contributed by atoms with Crippen molar-refractivity contribution >= 4 is 5.78 Å². The van der Waals surface area contributed by atoms with Gasteiger partial charge in [0.1, 0.15) is 30.2 Å². The summed E-state index contributed by atoms with van der Waals surface area (Å²) in [7, 11) is 0. The number of rotatable bonds is 4. The summed E-state index contributed by atoms with van der Waals surface area (Å²) in [6.07, 6.45) is 1.54. The van der Waals surface area contributed by atoms with E-state index >= 15 is 0 Å². The van der Waals surface area contributed by atoms with Crippen molar-refractivity contribution in [3.63, 3.8) is 0 Å². The van der Waals surface area contributed by atoms with E-state index in [1.807, 2.05) is 0 Å². The fourth-order valence-electron chi connectivity index (χ4n) is 9.29. The molecule has 5 rings (SSSR count). The molecule has 0 aromatic rings. The van der Waals surface area contributed by atoms with Gasteiger partial charge in [-0.15, -0.1) is 0 Å². The molecule has 0 aromatic heterocycles. The van der Waals surface area contributed by atoms with Crippen LogP contribution < -0.4 is 0 Å². The molecule has 8 nitrogen and oxygen atoms in total. The molecule has 5 fully saturated rings. The Morgan fingerprint density at radius 2 is 1.66 bits per heavy atom. The third-order valence-corrected chi connectivity index (χ3v) is 11.5. The van der Waals surface area contributed by atoms with Crippen LogP contribution in [-0.2, 0) is 14.3 Å². The van der Waals surface area contributed by atoms with Crippen LogP contribution in [0.5, 0.6) is 0 Å². The second-order valence-electron chi connectivity index (χ2n) is 12.8. The van der Waals surface area contributed by atoms with Gasteiger partial charge in [0.15, 0.2) is 6.29 Å². The van der Waals surface area contributed by atoms with E-state index in [-0.39, 0.29) is 41.2 Å². The van der Waals surface area contributed by atoms with Gasteiger partial charge in [-0.05, 0) is 87.9 Å². The fraction of sp³-hybridized carbons (Fsp3) is 0.963. The predicted molar refractivity (Wildman–Crippen MR) is 126 cm³/mol. The number of hydrogen-bond acceptors (Lipinski definition) is 8. The highest BCUT2D eigenvalue weighted by Crippen LogP contribution is 2.69. The van der Waals surface area contributed by atoms with Crippen LogP contribution in [0.3, 0.4) is 0 Å². The maximum absolute atomic E-state index is 12.4. The highest BCUT2D eigenvalue weighted by Gasteiger charge is 2.67. The molecule has 4 aliphatic carbocycles. The minimum Gasteiger partial charge on any atom is -0.389 e. The van der Waals surface area contributed by atoms with Crippen LogP contribution in [0.2, 0.25) is 0 Å². The van der Waals surface area contributed by atoms with Crippen molar-refractivity contribution in [3.05, 3.63) is 0 Å². The van der Waals surface area contributed by atoms with Crippen LogP contribution in [-0.4, -0.2) is 80.3 Å². The van der Waals surface area contributed by atoms with Crippen LogP contribution >= 0.6 is 0 Å². The minimum absolute atomic E-state index is 0.00655. The summed E-state index contributed by atoms with van der Waals surface area (Å²) in [6, 6.07) is 0. The molecule has 1 aliphatic heterocycles. The van der Waals surface area contributed by atoms with Crippen LogP contribution in [0, 0.1) is 34.5 Å². The molecular weight excluding hydrogens is 452 g/mol. The van der Waals surface area contributed by atoms with Gasteiger partial charge >= 0.3 is 0 Å². The molecule has 4 saturated carbocycles. The monoisotopic (exact) mass is 496 g/mol. The van der Waals surface area contributed by atoms with Gasteiger partial charge in [0.25, 0.3) is 0 Å². The Kier molecular flexibility index (Phi) is 6.69. The molecule has 0 radical (unpaired) electrons. The first-order valence-electron chi connectivity index (χ1n) is 13.6. The van der Waals surface area contributed by atoms with Gasteiger partial charge in [-0.25, -0.2) is 0 Å². The smallest absolute Gasteiger partial charge is 0.184 e. The predicted octanol–water partition coefficient (Wildman–Crippen LogP) is 1.53. The first kappa shape index (κ1) is 26.0. The molecule has 0 bridgehead atoms. The second kappa shape index (κ2) is 9.00. The summed E-state index contributed by atoms with van der Waals surface area (Å²) in [5.74, 6) is 1.36. The molecule has 5 aliphatic rings.